The van der Waals surface area contributed by atoms with E-state index in [4.69, 9.17) is 5.11 Å². The first-order valence-corrected chi connectivity index (χ1v) is 7.26. The summed E-state index contributed by atoms with van der Waals surface area (Å²) in [7, 11) is -2.64. The molecule has 20 heavy (non-hydrogen) atoms. The molecule has 1 aromatic heterocycles. The van der Waals surface area contributed by atoms with E-state index >= 15 is 0 Å². The number of carboxylic acid groups (broad SMARTS) is 1. The molecule has 0 spiro atoms. The van der Waals surface area contributed by atoms with Crippen LogP contribution in [0.1, 0.15) is 29.9 Å². The molecule has 0 amide bonds. The van der Waals surface area contributed by atoms with Crippen molar-refractivity contribution in [2.24, 2.45) is 0 Å². The second-order valence-electron chi connectivity index (χ2n) is 4.92. The summed E-state index contributed by atoms with van der Waals surface area (Å²) in [5.41, 5.74) is 1.15. The molecule has 108 valence electrons. The molecule has 0 radical (unpaired) electrons. The summed E-state index contributed by atoms with van der Waals surface area (Å²) in [6, 6.07) is 6.45. The van der Waals surface area contributed by atoms with Crippen molar-refractivity contribution in [1.82, 2.24) is 4.98 Å². The molecule has 1 heterocycles. The molecule has 0 fully saturated rings. The van der Waals surface area contributed by atoms with Crippen molar-refractivity contribution in [3.05, 3.63) is 35.5 Å². The number of aromatic carboxylic acids is 1. The number of carbonyl (C=O) groups is 1. The van der Waals surface area contributed by atoms with Crippen LogP contribution in [-0.4, -0.2) is 31.6 Å². The van der Waals surface area contributed by atoms with E-state index in [1.54, 1.807) is 18.2 Å². The third-order valence-electron chi connectivity index (χ3n) is 3.39. The largest absolute Gasteiger partial charge is 0.477 e. The Hall–Kier alpha value is -1.86. The number of fused-ring (bicyclic) bond motifs is 1. The number of nitrogens with one attached hydrogen (secondary N) is 1. The highest BCUT2D eigenvalue weighted by molar-refractivity contribution is 7.87. The lowest BCUT2D eigenvalue weighted by Gasteiger charge is -2.23. The number of aromatic amines is 1. The van der Waals surface area contributed by atoms with Crippen molar-refractivity contribution in [2.45, 2.75) is 18.6 Å². The molecular weight excluding hydrogens is 282 g/mol. The molecule has 7 heteroatoms. The number of carboxylic acids is 1. The second kappa shape index (κ2) is 4.60. The molecule has 2 aromatic rings. The Bertz CT molecular complexity index is 773. The number of aromatic nitrogens is 1. The first-order chi connectivity index (χ1) is 9.19. The van der Waals surface area contributed by atoms with Crippen LogP contribution < -0.4 is 0 Å². The lowest BCUT2D eigenvalue weighted by molar-refractivity contribution is 0.0691. The summed E-state index contributed by atoms with van der Waals surface area (Å²) in [6.07, 6.45) is 0. The van der Waals surface area contributed by atoms with Gasteiger partial charge < -0.3 is 10.1 Å². The van der Waals surface area contributed by atoms with Gasteiger partial charge in [0.15, 0.2) is 0 Å². The van der Waals surface area contributed by atoms with E-state index < -0.39 is 20.8 Å². The lowest BCUT2D eigenvalue weighted by atomic mass is 10.0. The van der Waals surface area contributed by atoms with Crippen LogP contribution in [0.4, 0.5) is 0 Å². The normalized spacial score (nSPS) is 12.8. The van der Waals surface area contributed by atoms with Gasteiger partial charge in [0.05, 0.1) is 7.11 Å². The predicted molar refractivity (Wildman–Crippen MR) is 74.2 cm³/mol. The second-order valence-corrected chi connectivity index (χ2v) is 7.18. The Morgan fingerprint density at radius 3 is 2.50 bits per heavy atom. The Balaban J connectivity index is 2.59. The summed E-state index contributed by atoms with van der Waals surface area (Å²) >= 11 is 0. The third kappa shape index (κ3) is 2.19. The lowest BCUT2D eigenvalue weighted by Crippen LogP contribution is -2.30. The fourth-order valence-corrected chi connectivity index (χ4v) is 2.80. The van der Waals surface area contributed by atoms with Gasteiger partial charge in [0, 0.05) is 10.9 Å². The summed E-state index contributed by atoms with van der Waals surface area (Å²) in [5.74, 6) is -1.06. The van der Waals surface area contributed by atoms with Crippen LogP contribution in [0.15, 0.2) is 24.3 Å². The van der Waals surface area contributed by atoms with Crippen LogP contribution in [0.25, 0.3) is 10.9 Å². The number of rotatable bonds is 4. The van der Waals surface area contributed by atoms with Crippen molar-refractivity contribution >= 4 is 27.0 Å². The number of hydrogen-bond donors (Lipinski definition) is 2. The Morgan fingerprint density at radius 2 is 1.95 bits per heavy atom. The average molecular weight is 297 g/mol. The molecule has 0 saturated heterocycles. The van der Waals surface area contributed by atoms with E-state index in [2.05, 4.69) is 9.17 Å². The van der Waals surface area contributed by atoms with Gasteiger partial charge >= 0.3 is 5.97 Å². The van der Waals surface area contributed by atoms with Gasteiger partial charge in [0.1, 0.15) is 10.4 Å². The molecule has 0 atom stereocenters. The quantitative estimate of drug-likeness (QED) is 0.842. The van der Waals surface area contributed by atoms with Gasteiger partial charge in [-0.05, 0) is 31.5 Å². The minimum absolute atomic E-state index is 0.0598. The molecule has 0 aliphatic carbocycles. The minimum atomic E-state index is -3.76. The van der Waals surface area contributed by atoms with Gasteiger partial charge in [-0.15, -0.1) is 0 Å². The summed E-state index contributed by atoms with van der Waals surface area (Å²) < 4.78 is 27.2. The van der Waals surface area contributed by atoms with Crippen LogP contribution in [0.5, 0.6) is 0 Å². The molecule has 2 rings (SSSR count). The fourth-order valence-electron chi connectivity index (χ4n) is 1.97. The van der Waals surface area contributed by atoms with Crippen molar-refractivity contribution in [3.8, 4) is 0 Å². The molecule has 0 bridgehead atoms. The number of benzene rings is 1. The zero-order valence-electron chi connectivity index (χ0n) is 11.3. The highest BCUT2D eigenvalue weighted by atomic mass is 32.2. The molecule has 1 aromatic carbocycles. The molecule has 0 saturated carbocycles. The maximum atomic E-state index is 11.9. The average Bonchev–Trinajstić information content (AvgIpc) is 2.81. The van der Waals surface area contributed by atoms with E-state index in [0.29, 0.717) is 16.5 Å². The standard InChI is InChI=1S/C13H15NO5S/c1-13(2,20(17,18)19-3)9-5-4-8-6-11(12(15)16)14-10(8)7-9/h4-7,14H,1-3H3,(H,15,16). The van der Waals surface area contributed by atoms with Crippen LogP contribution in [0, 0.1) is 0 Å². The number of H-pyrrole nitrogens is 1. The van der Waals surface area contributed by atoms with Crippen LogP contribution in [0.3, 0.4) is 0 Å². The van der Waals surface area contributed by atoms with E-state index in [-0.39, 0.29) is 5.69 Å². The van der Waals surface area contributed by atoms with E-state index in [9.17, 15) is 13.2 Å². The first-order valence-electron chi connectivity index (χ1n) is 5.86. The Morgan fingerprint density at radius 1 is 1.30 bits per heavy atom. The molecule has 6 nitrogen and oxygen atoms in total. The SMILES string of the molecule is COS(=O)(=O)C(C)(C)c1ccc2cc(C(=O)O)[nH]c2c1. The van der Waals surface area contributed by atoms with Crippen molar-refractivity contribution in [1.29, 1.82) is 0 Å². The van der Waals surface area contributed by atoms with E-state index in [0.717, 1.165) is 7.11 Å². The summed E-state index contributed by atoms with van der Waals surface area (Å²) in [4.78, 5) is 13.7. The summed E-state index contributed by atoms with van der Waals surface area (Å²) in [5, 5.41) is 9.64. The first kappa shape index (κ1) is 14.5. The smallest absolute Gasteiger partial charge is 0.352 e. The topological polar surface area (TPSA) is 96.5 Å². The highest BCUT2D eigenvalue weighted by Gasteiger charge is 2.36. The van der Waals surface area contributed by atoms with Crippen LogP contribution in [-0.2, 0) is 19.0 Å². The fraction of sp³-hybridized carbons (Fsp3) is 0.308. The van der Waals surface area contributed by atoms with Crippen LogP contribution in [0.2, 0.25) is 0 Å². The zero-order valence-corrected chi connectivity index (χ0v) is 12.1. The molecular formula is C13H15NO5S. The zero-order chi connectivity index (χ0) is 15.1. The maximum Gasteiger partial charge on any atom is 0.352 e. The molecule has 0 aliphatic rings. The van der Waals surface area contributed by atoms with Gasteiger partial charge in [-0.2, -0.15) is 8.42 Å². The van der Waals surface area contributed by atoms with Crippen molar-refractivity contribution in [2.75, 3.05) is 7.11 Å². The molecule has 2 N–H and O–H groups in total. The van der Waals surface area contributed by atoms with Crippen molar-refractivity contribution < 1.29 is 22.5 Å². The van der Waals surface area contributed by atoms with Crippen LogP contribution >= 0.6 is 0 Å². The van der Waals surface area contributed by atoms with Gasteiger partial charge in [-0.1, -0.05) is 12.1 Å². The Kier molecular flexibility index (Phi) is 3.35. The minimum Gasteiger partial charge on any atom is -0.477 e. The van der Waals surface area contributed by atoms with Crippen molar-refractivity contribution in [3.63, 3.8) is 0 Å². The number of hydrogen-bond acceptors (Lipinski definition) is 4. The maximum absolute atomic E-state index is 11.9. The summed E-state index contributed by atoms with van der Waals surface area (Å²) in [6.45, 7) is 3.07. The Labute approximate surface area is 116 Å². The van der Waals surface area contributed by atoms with Gasteiger partial charge in [0.25, 0.3) is 10.1 Å². The molecule has 0 aliphatic heterocycles. The molecule has 0 unspecified atom stereocenters. The van der Waals surface area contributed by atoms with Gasteiger partial charge in [-0.3, -0.25) is 4.18 Å². The predicted octanol–water partition coefficient (Wildman–Crippen LogP) is 2.08. The monoisotopic (exact) mass is 297 g/mol. The van der Waals surface area contributed by atoms with E-state index in [1.165, 1.54) is 19.9 Å². The van der Waals surface area contributed by atoms with E-state index in [1.807, 2.05) is 0 Å². The third-order valence-corrected chi connectivity index (χ3v) is 5.32. The van der Waals surface area contributed by atoms with Gasteiger partial charge in [0.2, 0.25) is 0 Å². The van der Waals surface area contributed by atoms with Gasteiger partial charge in [-0.25, -0.2) is 4.79 Å². The highest BCUT2D eigenvalue weighted by Crippen LogP contribution is 2.32.